The number of nitrogen functional groups attached to an aromatic ring is 1. The summed E-state index contributed by atoms with van der Waals surface area (Å²) >= 11 is 0. The molecule has 0 amide bonds. The van der Waals surface area contributed by atoms with E-state index in [2.05, 4.69) is 32.6 Å². The lowest BCUT2D eigenvalue weighted by Gasteiger charge is -2.26. The Hall–Kier alpha value is -3.61. The van der Waals surface area contributed by atoms with Crippen molar-refractivity contribution in [2.24, 2.45) is 0 Å². The molecule has 9 nitrogen and oxygen atoms in total. The van der Waals surface area contributed by atoms with Gasteiger partial charge in [0.2, 0.25) is 5.88 Å². The van der Waals surface area contributed by atoms with E-state index in [0.29, 0.717) is 11.5 Å². The Labute approximate surface area is 193 Å². The van der Waals surface area contributed by atoms with Gasteiger partial charge in [0.25, 0.3) is 0 Å². The van der Waals surface area contributed by atoms with Crippen molar-refractivity contribution in [2.45, 2.75) is 26.5 Å². The van der Waals surface area contributed by atoms with Crippen LogP contribution in [0.4, 0.5) is 17.2 Å². The monoisotopic (exact) mass is 447 g/mol. The van der Waals surface area contributed by atoms with Crippen molar-refractivity contribution < 1.29 is 9.47 Å². The molecule has 172 valence electrons. The third-order valence-electron chi connectivity index (χ3n) is 5.35. The van der Waals surface area contributed by atoms with Crippen LogP contribution >= 0.6 is 0 Å². The third kappa shape index (κ3) is 5.80. The maximum atomic E-state index is 9.35. The molecular formula is C24H29N7O2. The summed E-state index contributed by atoms with van der Waals surface area (Å²) in [5, 5.41) is 17.1. The highest BCUT2D eigenvalue weighted by Crippen LogP contribution is 2.28. The molecule has 3 N–H and O–H groups in total. The molecular weight excluding hydrogens is 418 g/mol. The predicted molar refractivity (Wildman–Crippen MR) is 127 cm³/mol. The van der Waals surface area contributed by atoms with E-state index in [-0.39, 0.29) is 17.5 Å². The normalized spacial score (nSPS) is 14.2. The minimum Gasteiger partial charge on any atom is -0.474 e. The number of nitrogens with zero attached hydrogens (tertiary/aromatic N) is 5. The van der Waals surface area contributed by atoms with Crippen LogP contribution < -0.4 is 15.8 Å². The van der Waals surface area contributed by atoms with Crippen molar-refractivity contribution >= 4 is 17.2 Å². The van der Waals surface area contributed by atoms with Crippen LogP contribution in [0.3, 0.4) is 0 Å². The molecule has 0 unspecified atom stereocenters. The second-order valence-corrected chi connectivity index (χ2v) is 8.20. The fourth-order valence-corrected chi connectivity index (χ4v) is 3.62. The van der Waals surface area contributed by atoms with Gasteiger partial charge in [0.1, 0.15) is 17.5 Å². The first-order valence-corrected chi connectivity index (χ1v) is 11.1. The molecule has 1 saturated heterocycles. The Balaban J connectivity index is 1.41. The average molecular weight is 448 g/mol. The van der Waals surface area contributed by atoms with Crippen LogP contribution in [0.5, 0.6) is 5.88 Å². The standard InChI is InChI=1S/C24H29N7O2/c1-17(2)33-24-21(14-25)22(26)13-23(29-24)28-20-5-3-18(4-6-20)19-15-27-31(16-19)8-7-30-9-11-32-12-10-30/h3-6,13,15-17H,7-12H2,1-2H3,(H3,26,28,29). The Bertz CT molecular complexity index is 1110. The zero-order valence-electron chi connectivity index (χ0n) is 19.0. The van der Waals surface area contributed by atoms with Crippen molar-refractivity contribution in [2.75, 3.05) is 43.9 Å². The molecule has 0 spiro atoms. The number of nitrogens with one attached hydrogen (secondary N) is 1. The second kappa shape index (κ2) is 10.3. The van der Waals surface area contributed by atoms with Gasteiger partial charge in [-0.05, 0) is 31.5 Å². The van der Waals surface area contributed by atoms with Gasteiger partial charge >= 0.3 is 0 Å². The van der Waals surface area contributed by atoms with E-state index in [9.17, 15) is 5.26 Å². The molecule has 2 aromatic heterocycles. The first kappa shape index (κ1) is 22.6. The second-order valence-electron chi connectivity index (χ2n) is 8.20. The van der Waals surface area contributed by atoms with E-state index in [0.717, 1.165) is 56.2 Å². The van der Waals surface area contributed by atoms with E-state index in [4.69, 9.17) is 15.2 Å². The molecule has 9 heteroatoms. The third-order valence-corrected chi connectivity index (χ3v) is 5.35. The van der Waals surface area contributed by atoms with E-state index in [1.54, 1.807) is 6.07 Å². The number of nitrogens with two attached hydrogens (primary N) is 1. The van der Waals surface area contributed by atoms with Crippen LogP contribution in [0.2, 0.25) is 0 Å². The number of aromatic nitrogens is 3. The lowest BCUT2D eigenvalue weighted by Crippen LogP contribution is -2.38. The molecule has 3 aromatic rings. The average Bonchev–Trinajstić information content (AvgIpc) is 3.27. The summed E-state index contributed by atoms with van der Waals surface area (Å²) in [7, 11) is 0. The lowest BCUT2D eigenvalue weighted by molar-refractivity contribution is 0.0360. The predicted octanol–water partition coefficient (Wildman–Crippen LogP) is 3.26. The number of benzene rings is 1. The summed E-state index contributed by atoms with van der Waals surface area (Å²) < 4.78 is 13.0. The molecule has 1 aliphatic heterocycles. The van der Waals surface area contributed by atoms with E-state index < -0.39 is 0 Å². The van der Waals surface area contributed by atoms with Crippen molar-refractivity contribution in [3.63, 3.8) is 0 Å². The fraction of sp³-hybridized carbons (Fsp3) is 0.375. The smallest absolute Gasteiger partial charge is 0.236 e. The van der Waals surface area contributed by atoms with Gasteiger partial charge in [-0.2, -0.15) is 15.3 Å². The molecule has 0 bridgehead atoms. The minimum atomic E-state index is -0.117. The minimum absolute atomic E-state index is 0.117. The summed E-state index contributed by atoms with van der Waals surface area (Å²) in [5.41, 5.74) is 9.60. The maximum Gasteiger partial charge on any atom is 0.236 e. The van der Waals surface area contributed by atoms with Crippen molar-refractivity contribution in [3.8, 4) is 23.1 Å². The number of hydrogen-bond donors (Lipinski definition) is 2. The zero-order chi connectivity index (χ0) is 23.2. The number of nitriles is 1. The van der Waals surface area contributed by atoms with E-state index in [1.807, 2.05) is 49.0 Å². The quantitative estimate of drug-likeness (QED) is 0.541. The van der Waals surface area contributed by atoms with Crippen LogP contribution in [-0.2, 0) is 11.3 Å². The molecule has 1 aromatic carbocycles. The number of ether oxygens (including phenoxy) is 2. The lowest BCUT2D eigenvalue weighted by atomic mass is 10.1. The molecule has 0 saturated carbocycles. The Morgan fingerprint density at radius 3 is 2.64 bits per heavy atom. The first-order chi connectivity index (χ1) is 16.0. The highest BCUT2D eigenvalue weighted by Gasteiger charge is 2.14. The van der Waals surface area contributed by atoms with Crippen LogP contribution in [0, 0.1) is 11.3 Å². The molecule has 1 aliphatic rings. The molecule has 0 radical (unpaired) electrons. The SMILES string of the molecule is CC(C)Oc1nc(Nc2ccc(-c3cnn(CCN4CCOCC4)c3)cc2)cc(N)c1C#N. The van der Waals surface area contributed by atoms with Crippen molar-refractivity contribution in [1.29, 1.82) is 5.26 Å². The van der Waals surface area contributed by atoms with Crippen molar-refractivity contribution in [3.05, 3.63) is 48.3 Å². The highest BCUT2D eigenvalue weighted by molar-refractivity contribution is 5.70. The number of hydrogen-bond acceptors (Lipinski definition) is 8. The molecule has 4 rings (SSSR count). The van der Waals surface area contributed by atoms with Crippen LogP contribution in [0.15, 0.2) is 42.7 Å². The zero-order valence-corrected chi connectivity index (χ0v) is 19.0. The summed E-state index contributed by atoms with van der Waals surface area (Å²) in [4.78, 5) is 6.82. The molecule has 3 heterocycles. The van der Waals surface area contributed by atoms with Gasteiger partial charge < -0.3 is 20.5 Å². The molecule has 0 atom stereocenters. The Kier molecular flexibility index (Phi) is 7.07. The summed E-state index contributed by atoms with van der Waals surface area (Å²) in [6.07, 6.45) is 3.84. The topological polar surface area (TPSA) is 114 Å². The van der Waals surface area contributed by atoms with E-state index >= 15 is 0 Å². The van der Waals surface area contributed by atoms with Gasteiger partial charge in [-0.25, -0.2) is 0 Å². The largest absolute Gasteiger partial charge is 0.474 e. The van der Waals surface area contributed by atoms with Gasteiger partial charge in [0.05, 0.1) is 37.7 Å². The Morgan fingerprint density at radius 1 is 1.18 bits per heavy atom. The summed E-state index contributed by atoms with van der Waals surface area (Å²) in [6.45, 7) is 9.15. The molecule has 1 fully saturated rings. The highest BCUT2D eigenvalue weighted by atomic mass is 16.5. The summed E-state index contributed by atoms with van der Waals surface area (Å²) in [6, 6.07) is 11.7. The number of rotatable bonds is 8. The van der Waals surface area contributed by atoms with Crippen LogP contribution in [-0.4, -0.2) is 58.6 Å². The van der Waals surface area contributed by atoms with E-state index in [1.165, 1.54) is 0 Å². The van der Waals surface area contributed by atoms with Gasteiger partial charge in [-0.1, -0.05) is 12.1 Å². The van der Waals surface area contributed by atoms with Gasteiger partial charge in [-0.3, -0.25) is 9.58 Å². The van der Waals surface area contributed by atoms with Gasteiger partial charge in [0.15, 0.2) is 0 Å². The van der Waals surface area contributed by atoms with Crippen LogP contribution in [0.1, 0.15) is 19.4 Å². The van der Waals surface area contributed by atoms with Gasteiger partial charge in [0, 0.05) is 43.1 Å². The first-order valence-electron chi connectivity index (χ1n) is 11.1. The van der Waals surface area contributed by atoms with Crippen molar-refractivity contribution in [1.82, 2.24) is 19.7 Å². The van der Waals surface area contributed by atoms with Gasteiger partial charge in [-0.15, -0.1) is 0 Å². The number of anilines is 3. The number of pyridine rings is 1. The maximum absolute atomic E-state index is 9.35. The summed E-state index contributed by atoms with van der Waals surface area (Å²) in [5.74, 6) is 0.752. The number of morpholine rings is 1. The Morgan fingerprint density at radius 2 is 1.94 bits per heavy atom. The fourth-order valence-electron chi connectivity index (χ4n) is 3.62. The molecule has 33 heavy (non-hydrogen) atoms. The molecule has 0 aliphatic carbocycles. The van der Waals surface area contributed by atoms with Crippen LogP contribution in [0.25, 0.3) is 11.1 Å².